The van der Waals surface area contributed by atoms with Crippen LogP contribution in [0.1, 0.15) is 27.2 Å². The van der Waals surface area contributed by atoms with Crippen molar-refractivity contribution in [3.63, 3.8) is 0 Å². The van der Waals surface area contributed by atoms with E-state index in [9.17, 15) is 24.3 Å². The molecule has 3 N–H and O–H groups in total. The molecule has 1 fully saturated rings. The van der Waals surface area contributed by atoms with Crippen molar-refractivity contribution in [3.8, 4) is 11.3 Å². The minimum Gasteiger partial charge on any atom is -0.478 e. The quantitative estimate of drug-likeness (QED) is 0.380. The van der Waals surface area contributed by atoms with Gasteiger partial charge in [-0.1, -0.05) is 29.8 Å². The van der Waals surface area contributed by atoms with Gasteiger partial charge in [-0.25, -0.2) is 14.5 Å². The maximum atomic E-state index is 12.7. The highest BCUT2D eigenvalue weighted by Crippen LogP contribution is 2.28. The number of benzene rings is 2. The molecule has 0 unspecified atom stereocenters. The molecule has 4 amide bonds. The highest BCUT2D eigenvalue weighted by Gasteiger charge is 2.35. The van der Waals surface area contributed by atoms with E-state index in [-0.39, 0.29) is 17.0 Å². The van der Waals surface area contributed by atoms with Crippen molar-refractivity contribution >= 4 is 35.6 Å². The number of anilines is 1. The first-order valence-corrected chi connectivity index (χ1v) is 10.4. The number of hydrogen-bond donors (Lipinski definition) is 3. The summed E-state index contributed by atoms with van der Waals surface area (Å²) in [5.41, 5.74) is 2.86. The van der Waals surface area contributed by atoms with Gasteiger partial charge in [0.1, 0.15) is 23.8 Å². The molecule has 0 bridgehead atoms. The van der Waals surface area contributed by atoms with Crippen molar-refractivity contribution < 1.29 is 28.7 Å². The van der Waals surface area contributed by atoms with Crippen LogP contribution in [-0.4, -0.2) is 40.4 Å². The van der Waals surface area contributed by atoms with Crippen molar-refractivity contribution in [1.82, 2.24) is 10.2 Å². The van der Waals surface area contributed by atoms with E-state index in [1.54, 1.807) is 43.3 Å². The molecule has 4 rings (SSSR count). The molecule has 0 radical (unpaired) electrons. The van der Waals surface area contributed by atoms with Gasteiger partial charge in [-0.3, -0.25) is 9.59 Å². The Balaban J connectivity index is 1.48. The average molecular weight is 459 g/mol. The molecule has 0 atom stereocenters. The highest BCUT2D eigenvalue weighted by molar-refractivity contribution is 6.15. The largest absolute Gasteiger partial charge is 0.478 e. The lowest BCUT2D eigenvalue weighted by molar-refractivity contribution is -0.127. The molecule has 0 spiro atoms. The molecule has 9 nitrogen and oxygen atoms in total. The lowest BCUT2D eigenvalue weighted by atomic mass is 10.0. The van der Waals surface area contributed by atoms with E-state index in [2.05, 4.69) is 10.6 Å². The van der Waals surface area contributed by atoms with Gasteiger partial charge in [0.25, 0.3) is 5.91 Å². The summed E-state index contributed by atoms with van der Waals surface area (Å²) in [6.45, 7) is 3.16. The molecule has 1 aliphatic heterocycles. The number of aromatic carboxylic acids is 1. The zero-order valence-corrected chi connectivity index (χ0v) is 18.4. The fourth-order valence-corrected chi connectivity index (χ4v) is 3.55. The first-order chi connectivity index (χ1) is 16.2. The Labute approximate surface area is 194 Å². The van der Waals surface area contributed by atoms with Crippen LogP contribution < -0.4 is 10.6 Å². The predicted octanol–water partition coefficient (Wildman–Crippen LogP) is 3.79. The van der Waals surface area contributed by atoms with E-state index in [1.807, 2.05) is 19.1 Å². The summed E-state index contributed by atoms with van der Waals surface area (Å²) in [6, 6.07) is 14.5. The number of imide groups is 1. The van der Waals surface area contributed by atoms with Crippen LogP contribution >= 0.6 is 0 Å². The van der Waals surface area contributed by atoms with Crippen LogP contribution in [0.4, 0.5) is 10.5 Å². The molecule has 34 heavy (non-hydrogen) atoms. The van der Waals surface area contributed by atoms with Gasteiger partial charge in [-0.05, 0) is 49.7 Å². The molecule has 3 aromatic rings. The van der Waals surface area contributed by atoms with E-state index < -0.39 is 30.4 Å². The van der Waals surface area contributed by atoms with Gasteiger partial charge in [0.2, 0.25) is 5.91 Å². The number of amides is 4. The monoisotopic (exact) mass is 459 g/mol. The number of furan rings is 1. The topological polar surface area (TPSA) is 129 Å². The zero-order chi connectivity index (χ0) is 24.4. The Bertz CT molecular complexity index is 1340. The fourth-order valence-electron chi connectivity index (χ4n) is 3.55. The Kier molecular flexibility index (Phi) is 6.01. The molecule has 0 saturated carbocycles. The van der Waals surface area contributed by atoms with Gasteiger partial charge < -0.3 is 20.2 Å². The van der Waals surface area contributed by atoms with Crippen LogP contribution in [0.5, 0.6) is 0 Å². The molecular formula is C25H21N3O6. The summed E-state index contributed by atoms with van der Waals surface area (Å²) >= 11 is 0. The van der Waals surface area contributed by atoms with Crippen molar-refractivity contribution in [2.45, 2.75) is 13.8 Å². The highest BCUT2D eigenvalue weighted by atomic mass is 16.4. The molecule has 0 aliphatic carbocycles. The Morgan fingerprint density at radius 2 is 1.79 bits per heavy atom. The number of carbonyl (C=O) groups excluding carboxylic acids is 3. The van der Waals surface area contributed by atoms with E-state index in [1.165, 1.54) is 12.1 Å². The van der Waals surface area contributed by atoms with Crippen LogP contribution in [0, 0.1) is 13.8 Å². The third kappa shape index (κ3) is 4.58. The van der Waals surface area contributed by atoms with E-state index in [4.69, 9.17) is 4.42 Å². The Morgan fingerprint density at radius 1 is 1.06 bits per heavy atom. The number of carboxylic acids is 1. The number of aryl methyl sites for hydroxylation is 1. The minimum absolute atomic E-state index is 0.0370. The SMILES string of the molecule is Cc1ccc(NC(=O)CN2C(=O)N/C(=C/c3ccc(-c4cccc(C(=O)O)c4C)o3)C2=O)cc1. The number of hydrogen-bond acceptors (Lipinski definition) is 5. The molecular weight excluding hydrogens is 438 g/mol. The Morgan fingerprint density at radius 3 is 2.50 bits per heavy atom. The van der Waals surface area contributed by atoms with Gasteiger partial charge in [0.15, 0.2) is 0 Å². The molecule has 1 aliphatic rings. The number of carboxylic acid groups (broad SMARTS) is 1. The van der Waals surface area contributed by atoms with Crippen LogP contribution in [0.2, 0.25) is 0 Å². The minimum atomic E-state index is -1.04. The van der Waals surface area contributed by atoms with Gasteiger partial charge in [0.05, 0.1) is 5.56 Å². The number of nitrogens with zero attached hydrogens (tertiary/aromatic N) is 1. The van der Waals surface area contributed by atoms with Crippen molar-refractivity contribution in [1.29, 1.82) is 0 Å². The average Bonchev–Trinajstić information content (AvgIpc) is 3.35. The maximum absolute atomic E-state index is 12.7. The van der Waals surface area contributed by atoms with Gasteiger partial charge in [-0.15, -0.1) is 0 Å². The van der Waals surface area contributed by atoms with E-state index >= 15 is 0 Å². The number of rotatable bonds is 6. The summed E-state index contributed by atoms with van der Waals surface area (Å²) in [5, 5.41) is 14.4. The van der Waals surface area contributed by atoms with Crippen LogP contribution in [0.3, 0.4) is 0 Å². The second-order valence-electron chi connectivity index (χ2n) is 7.78. The smallest absolute Gasteiger partial charge is 0.335 e. The van der Waals surface area contributed by atoms with Crippen molar-refractivity contribution in [3.05, 3.63) is 82.7 Å². The number of nitrogens with one attached hydrogen (secondary N) is 2. The van der Waals surface area contributed by atoms with Crippen LogP contribution in [-0.2, 0) is 9.59 Å². The van der Waals surface area contributed by atoms with Gasteiger partial charge in [-0.2, -0.15) is 0 Å². The number of carbonyl (C=O) groups is 4. The first-order valence-electron chi connectivity index (χ1n) is 10.4. The maximum Gasteiger partial charge on any atom is 0.335 e. The summed E-state index contributed by atoms with van der Waals surface area (Å²) in [5.74, 6) is -1.52. The summed E-state index contributed by atoms with van der Waals surface area (Å²) in [6.07, 6.45) is 1.36. The predicted molar refractivity (Wildman–Crippen MR) is 124 cm³/mol. The Hall–Kier alpha value is -4.66. The third-order valence-electron chi connectivity index (χ3n) is 5.34. The second kappa shape index (κ2) is 9.07. The molecule has 1 aromatic heterocycles. The summed E-state index contributed by atoms with van der Waals surface area (Å²) in [7, 11) is 0. The summed E-state index contributed by atoms with van der Waals surface area (Å²) < 4.78 is 5.77. The zero-order valence-electron chi connectivity index (χ0n) is 18.4. The molecule has 172 valence electrons. The van der Waals surface area contributed by atoms with Gasteiger partial charge in [0, 0.05) is 17.3 Å². The van der Waals surface area contributed by atoms with Crippen molar-refractivity contribution in [2.75, 3.05) is 11.9 Å². The molecule has 1 saturated heterocycles. The lowest BCUT2D eigenvalue weighted by Gasteiger charge is -2.12. The van der Waals surface area contributed by atoms with E-state index in [0.29, 0.717) is 22.6 Å². The molecule has 2 heterocycles. The van der Waals surface area contributed by atoms with Crippen LogP contribution in [0.25, 0.3) is 17.4 Å². The molecule has 9 heteroatoms. The number of urea groups is 1. The molecule has 2 aromatic carbocycles. The normalized spacial score (nSPS) is 14.4. The van der Waals surface area contributed by atoms with Crippen LogP contribution in [0.15, 0.2) is 64.7 Å². The second-order valence-corrected chi connectivity index (χ2v) is 7.78. The third-order valence-corrected chi connectivity index (χ3v) is 5.34. The summed E-state index contributed by atoms with van der Waals surface area (Å²) in [4.78, 5) is 49.5. The lowest BCUT2D eigenvalue weighted by Crippen LogP contribution is -2.38. The first kappa shape index (κ1) is 22.5. The van der Waals surface area contributed by atoms with Gasteiger partial charge >= 0.3 is 12.0 Å². The fraction of sp³-hybridized carbons (Fsp3) is 0.120. The standard InChI is InChI=1S/C25H21N3O6/c1-14-6-8-16(9-7-14)26-22(29)13-28-23(30)20(27-25(28)33)12-17-10-11-21(34-17)18-4-3-5-19(15(18)2)24(31)32/h3-12H,13H2,1-2H3,(H,26,29)(H,27,33)(H,31,32)/b20-12+. The van der Waals surface area contributed by atoms with E-state index in [0.717, 1.165) is 10.5 Å². The van der Waals surface area contributed by atoms with Crippen molar-refractivity contribution in [2.24, 2.45) is 0 Å².